The maximum absolute atomic E-state index is 12.7. The van der Waals surface area contributed by atoms with Crippen LogP contribution in [0.5, 0.6) is 17.2 Å². The normalized spacial score (nSPS) is 11.3. The highest BCUT2D eigenvalue weighted by Gasteiger charge is 2.23. The van der Waals surface area contributed by atoms with Crippen molar-refractivity contribution in [2.45, 2.75) is 40.0 Å². The van der Waals surface area contributed by atoms with Gasteiger partial charge in [0.05, 0.1) is 0 Å². The van der Waals surface area contributed by atoms with Gasteiger partial charge in [-0.15, -0.1) is 0 Å². The van der Waals surface area contributed by atoms with Crippen LogP contribution in [0.1, 0.15) is 55.1 Å². The van der Waals surface area contributed by atoms with Crippen LogP contribution in [0.15, 0.2) is 59.7 Å². The van der Waals surface area contributed by atoms with E-state index in [4.69, 9.17) is 0 Å². The van der Waals surface area contributed by atoms with E-state index in [0.29, 0.717) is 5.56 Å². The maximum atomic E-state index is 12.7. The minimum atomic E-state index is -0.490. The summed E-state index contributed by atoms with van der Waals surface area (Å²) >= 11 is 0. The van der Waals surface area contributed by atoms with E-state index in [1.54, 1.807) is 30.3 Å². The number of aromatic hydroxyl groups is 3. The molecule has 0 radical (unpaired) electrons. The van der Waals surface area contributed by atoms with Gasteiger partial charge in [0.2, 0.25) is 5.78 Å². The first-order valence-corrected chi connectivity index (χ1v) is 8.96. The molecule has 0 spiro atoms. The number of rotatable bonds is 7. The van der Waals surface area contributed by atoms with Gasteiger partial charge in [0.15, 0.2) is 0 Å². The van der Waals surface area contributed by atoms with Gasteiger partial charge in [0.1, 0.15) is 22.8 Å². The van der Waals surface area contributed by atoms with E-state index in [-0.39, 0.29) is 29.0 Å². The van der Waals surface area contributed by atoms with Gasteiger partial charge in [0.25, 0.3) is 0 Å². The highest BCUT2D eigenvalue weighted by atomic mass is 16.3. The van der Waals surface area contributed by atoms with Gasteiger partial charge in [0, 0.05) is 17.2 Å². The van der Waals surface area contributed by atoms with Crippen LogP contribution in [0.4, 0.5) is 0 Å². The van der Waals surface area contributed by atoms with E-state index in [0.717, 1.165) is 24.5 Å². The Morgan fingerprint density at radius 2 is 1.63 bits per heavy atom. The molecule has 0 bridgehead atoms. The predicted molar refractivity (Wildman–Crippen MR) is 107 cm³/mol. The monoisotopic (exact) mass is 366 g/mol. The first kappa shape index (κ1) is 20.3. The summed E-state index contributed by atoms with van der Waals surface area (Å²) in [6.45, 7) is 6.09. The number of hydrogen-bond acceptors (Lipinski definition) is 4. The Morgan fingerprint density at radius 3 is 2.26 bits per heavy atom. The largest absolute Gasteiger partial charge is 0.507 e. The van der Waals surface area contributed by atoms with Crippen molar-refractivity contribution in [1.29, 1.82) is 0 Å². The molecule has 0 aliphatic carbocycles. The van der Waals surface area contributed by atoms with Crippen molar-refractivity contribution in [2.75, 3.05) is 0 Å². The predicted octanol–water partition coefficient (Wildman–Crippen LogP) is 5.27. The number of allylic oxidation sites excluding steroid dienone is 4. The second kappa shape index (κ2) is 9.08. The summed E-state index contributed by atoms with van der Waals surface area (Å²) in [5.41, 5.74) is 2.78. The second-order valence-electron chi connectivity index (χ2n) is 6.89. The van der Waals surface area contributed by atoms with Crippen LogP contribution in [0.3, 0.4) is 0 Å². The molecule has 0 saturated carbocycles. The molecule has 27 heavy (non-hydrogen) atoms. The van der Waals surface area contributed by atoms with Crippen molar-refractivity contribution in [1.82, 2.24) is 0 Å². The van der Waals surface area contributed by atoms with Gasteiger partial charge < -0.3 is 15.3 Å². The first-order chi connectivity index (χ1) is 12.8. The minimum Gasteiger partial charge on any atom is -0.507 e. The Hall–Kier alpha value is -3.01. The van der Waals surface area contributed by atoms with Crippen LogP contribution in [-0.2, 0) is 6.42 Å². The zero-order valence-corrected chi connectivity index (χ0v) is 16.0. The smallest absolute Gasteiger partial charge is 0.200 e. The molecule has 0 aromatic heterocycles. The van der Waals surface area contributed by atoms with Crippen molar-refractivity contribution in [2.24, 2.45) is 0 Å². The van der Waals surface area contributed by atoms with Crippen LogP contribution < -0.4 is 0 Å². The SMILES string of the molecule is CC(C)=CCC/C(C)=C/Cc1c(O)cc(O)c(C(=O)c2ccccc2)c1O. The highest BCUT2D eigenvalue weighted by molar-refractivity contribution is 6.12. The van der Waals surface area contributed by atoms with Gasteiger partial charge in [-0.25, -0.2) is 0 Å². The Balaban J connectivity index is 2.30. The Kier molecular flexibility index (Phi) is 6.83. The molecule has 0 saturated heterocycles. The maximum Gasteiger partial charge on any atom is 0.200 e. The lowest BCUT2D eigenvalue weighted by Gasteiger charge is -2.12. The first-order valence-electron chi connectivity index (χ1n) is 8.96. The van der Waals surface area contributed by atoms with Crippen LogP contribution in [0, 0.1) is 0 Å². The highest BCUT2D eigenvalue weighted by Crippen LogP contribution is 2.39. The van der Waals surface area contributed by atoms with Crippen LogP contribution in [-0.4, -0.2) is 21.1 Å². The number of ketones is 1. The van der Waals surface area contributed by atoms with Crippen LogP contribution in [0.2, 0.25) is 0 Å². The molecule has 2 aromatic rings. The van der Waals surface area contributed by atoms with Crippen molar-refractivity contribution in [3.8, 4) is 17.2 Å². The van der Waals surface area contributed by atoms with Gasteiger partial charge in [-0.1, -0.05) is 53.6 Å². The van der Waals surface area contributed by atoms with Crippen LogP contribution >= 0.6 is 0 Å². The number of carbonyl (C=O) groups is 1. The molecule has 0 fully saturated rings. The fourth-order valence-electron chi connectivity index (χ4n) is 2.81. The minimum absolute atomic E-state index is 0.190. The lowest BCUT2D eigenvalue weighted by atomic mass is 9.96. The topological polar surface area (TPSA) is 77.8 Å². The Morgan fingerprint density at radius 1 is 0.963 bits per heavy atom. The van der Waals surface area contributed by atoms with E-state index >= 15 is 0 Å². The van der Waals surface area contributed by atoms with E-state index in [1.807, 2.05) is 13.0 Å². The lowest BCUT2D eigenvalue weighted by molar-refractivity contribution is 0.103. The summed E-state index contributed by atoms with van der Waals surface area (Å²) in [6, 6.07) is 9.53. The van der Waals surface area contributed by atoms with Gasteiger partial charge in [-0.2, -0.15) is 0 Å². The van der Waals surface area contributed by atoms with E-state index in [9.17, 15) is 20.1 Å². The van der Waals surface area contributed by atoms with Gasteiger partial charge in [-0.05, 0) is 40.0 Å². The fraction of sp³-hybridized carbons (Fsp3) is 0.261. The molecule has 0 atom stereocenters. The molecule has 0 heterocycles. The standard InChI is InChI=1S/C23H26O4/c1-15(2)8-7-9-16(3)12-13-18-19(24)14-20(25)21(23(18)27)22(26)17-10-5-4-6-11-17/h4-6,8,10-12,14,24-25,27H,7,9,13H2,1-3H3/b16-12+. The average molecular weight is 366 g/mol. The zero-order valence-electron chi connectivity index (χ0n) is 16.0. The van der Waals surface area contributed by atoms with Crippen LogP contribution in [0.25, 0.3) is 0 Å². The summed E-state index contributed by atoms with van der Waals surface area (Å²) in [4.78, 5) is 12.7. The molecule has 0 unspecified atom stereocenters. The fourth-order valence-corrected chi connectivity index (χ4v) is 2.81. The lowest BCUT2D eigenvalue weighted by Crippen LogP contribution is -2.04. The number of phenols is 3. The van der Waals surface area contributed by atoms with Crippen molar-refractivity contribution < 1.29 is 20.1 Å². The summed E-state index contributed by atoms with van der Waals surface area (Å²) in [7, 11) is 0. The number of benzene rings is 2. The van der Waals surface area contributed by atoms with E-state index in [2.05, 4.69) is 19.9 Å². The third kappa shape index (κ3) is 5.23. The molecule has 3 N–H and O–H groups in total. The molecule has 0 amide bonds. The molecule has 4 nitrogen and oxygen atoms in total. The molecule has 0 aliphatic rings. The van der Waals surface area contributed by atoms with E-state index < -0.39 is 11.5 Å². The number of phenolic OH excluding ortho intramolecular Hbond substituents is 3. The Labute approximate surface area is 160 Å². The molecule has 2 aromatic carbocycles. The average Bonchev–Trinajstić information content (AvgIpc) is 2.61. The molecular weight excluding hydrogens is 340 g/mol. The summed E-state index contributed by atoms with van der Waals surface area (Å²) in [5, 5.41) is 30.8. The molecular formula is C23H26O4. The number of hydrogen-bond donors (Lipinski definition) is 3. The van der Waals surface area contributed by atoms with Crippen molar-refractivity contribution >= 4 is 5.78 Å². The third-order valence-electron chi connectivity index (χ3n) is 4.37. The van der Waals surface area contributed by atoms with Gasteiger partial charge in [-0.3, -0.25) is 4.79 Å². The van der Waals surface area contributed by atoms with Gasteiger partial charge >= 0.3 is 0 Å². The Bertz CT molecular complexity index is 873. The summed E-state index contributed by atoms with van der Waals surface area (Å²) in [5.74, 6) is -1.54. The molecule has 142 valence electrons. The van der Waals surface area contributed by atoms with Crippen molar-refractivity contribution in [3.05, 3.63) is 76.4 Å². The molecule has 4 heteroatoms. The molecule has 2 rings (SSSR count). The van der Waals surface area contributed by atoms with E-state index in [1.165, 1.54) is 5.57 Å². The zero-order chi connectivity index (χ0) is 20.0. The number of carbonyl (C=O) groups excluding carboxylic acids is 1. The summed E-state index contributed by atoms with van der Waals surface area (Å²) in [6.07, 6.45) is 6.15. The summed E-state index contributed by atoms with van der Waals surface area (Å²) < 4.78 is 0. The quantitative estimate of drug-likeness (QED) is 0.461. The van der Waals surface area contributed by atoms with Crippen molar-refractivity contribution in [3.63, 3.8) is 0 Å². The third-order valence-corrected chi connectivity index (χ3v) is 4.37. The molecule has 0 aliphatic heterocycles. The second-order valence-corrected chi connectivity index (χ2v) is 6.89.